The average Bonchev–Trinajstić information content (AvgIpc) is 2.73. The van der Waals surface area contributed by atoms with Crippen LogP contribution in [0.4, 0.5) is 5.69 Å². The zero-order valence-corrected chi connectivity index (χ0v) is 11.6. The molecular formula is C16H20N2O. The molecule has 3 nitrogen and oxygen atoms in total. The van der Waals surface area contributed by atoms with Gasteiger partial charge in [0.25, 0.3) is 0 Å². The van der Waals surface area contributed by atoms with Gasteiger partial charge in [0.15, 0.2) is 0 Å². The number of carbonyl (C=O) groups is 1. The van der Waals surface area contributed by atoms with Crippen LogP contribution in [-0.2, 0) is 4.79 Å². The number of rotatable bonds is 0. The van der Waals surface area contributed by atoms with Crippen LogP contribution in [0.2, 0.25) is 0 Å². The van der Waals surface area contributed by atoms with Crippen LogP contribution >= 0.6 is 0 Å². The van der Waals surface area contributed by atoms with Crippen molar-refractivity contribution in [2.45, 2.75) is 30.7 Å². The molecule has 2 heterocycles. The number of likely N-dealkylation sites (tertiary alicyclic amines) is 1. The summed E-state index contributed by atoms with van der Waals surface area (Å²) in [5, 5.41) is 0. The Morgan fingerprint density at radius 1 is 1.26 bits per heavy atom. The van der Waals surface area contributed by atoms with E-state index in [4.69, 9.17) is 0 Å². The van der Waals surface area contributed by atoms with Gasteiger partial charge in [-0.3, -0.25) is 4.79 Å². The van der Waals surface area contributed by atoms with Crippen molar-refractivity contribution in [3.8, 4) is 0 Å². The summed E-state index contributed by atoms with van der Waals surface area (Å²) in [5.41, 5.74) is 4.14. The van der Waals surface area contributed by atoms with Crippen molar-refractivity contribution in [2.75, 3.05) is 32.1 Å². The third-order valence-corrected chi connectivity index (χ3v) is 5.30. The second kappa shape index (κ2) is 3.83. The largest absolute Gasteiger partial charge is 0.374 e. The first-order chi connectivity index (χ1) is 9.16. The number of anilines is 1. The molecule has 100 valence electrons. The number of hydrogen-bond donors (Lipinski definition) is 0. The van der Waals surface area contributed by atoms with Crippen LogP contribution in [0.1, 0.15) is 35.8 Å². The molecule has 0 spiro atoms. The quantitative estimate of drug-likeness (QED) is 0.709. The van der Waals surface area contributed by atoms with Gasteiger partial charge < -0.3 is 9.80 Å². The van der Waals surface area contributed by atoms with E-state index in [1.807, 2.05) is 0 Å². The lowest BCUT2D eigenvalue weighted by molar-refractivity contribution is -0.125. The van der Waals surface area contributed by atoms with Gasteiger partial charge in [0, 0.05) is 44.2 Å². The van der Waals surface area contributed by atoms with Crippen molar-refractivity contribution in [1.82, 2.24) is 4.90 Å². The molecule has 19 heavy (non-hydrogen) atoms. The van der Waals surface area contributed by atoms with Gasteiger partial charge in [-0.25, -0.2) is 0 Å². The molecule has 3 aliphatic rings. The fourth-order valence-corrected chi connectivity index (χ4v) is 4.40. The van der Waals surface area contributed by atoms with Gasteiger partial charge in [-0.15, -0.1) is 0 Å². The van der Waals surface area contributed by atoms with E-state index < -0.39 is 0 Å². The zero-order valence-electron chi connectivity index (χ0n) is 11.6. The van der Waals surface area contributed by atoms with E-state index in [0.29, 0.717) is 24.2 Å². The van der Waals surface area contributed by atoms with Crippen molar-refractivity contribution in [3.63, 3.8) is 0 Å². The Morgan fingerprint density at radius 3 is 2.95 bits per heavy atom. The molecule has 1 aromatic carbocycles. The SMILES string of the molecule is CN1C[C@H]2C[C@H]3[C@H](C(=O)CCN3C)c3cccc1c32. The average molecular weight is 256 g/mol. The Labute approximate surface area is 114 Å². The minimum Gasteiger partial charge on any atom is -0.374 e. The van der Waals surface area contributed by atoms with E-state index in [2.05, 4.69) is 42.1 Å². The summed E-state index contributed by atoms with van der Waals surface area (Å²) in [7, 11) is 4.35. The standard InChI is InChI=1S/C16H20N2O/c1-17-7-6-14(19)16-11-4-3-5-12-15(11)10(8-13(16)17)9-18(12)2/h3-5,10,13,16H,6-9H2,1-2H3/t10-,13+,16-/m1/s1. The third kappa shape index (κ3) is 1.45. The smallest absolute Gasteiger partial charge is 0.143 e. The van der Waals surface area contributed by atoms with Crippen LogP contribution in [0.25, 0.3) is 0 Å². The summed E-state index contributed by atoms with van der Waals surface area (Å²) >= 11 is 0. The normalized spacial score (nSPS) is 33.3. The van der Waals surface area contributed by atoms with Gasteiger partial charge in [-0.05, 0) is 30.7 Å². The molecule has 0 radical (unpaired) electrons. The van der Waals surface area contributed by atoms with Crippen molar-refractivity contribution in [1.29, 1.82) is 0 Å². The van der Waals surface area contributed by atoms with Gasteiger partial charge in [0.1, 0.15) is 5.78 Å². The molecule has 1 saturated heterocycles. The van der Waals surface area contributed by atoms with Gasteiger partial charge >= 0.3 is 0 Å². The molecule has 3 heteroatoms. The Morgan fingerprint density at radius 2 is 2.11 bits per heavy atom. The molecule has 1 aliphatic carbocycles. The van der Waals surface area contributed by atoms with Crippen LogP contribution in [0.5, 0.6) is 0 Å². The number of hydrogen-bond acceptors (Lipinski definition) is 3. The summed E-state index contributed by atoms with van der Waals surface area (Å²) in [6, 6.07) is 6.94. The first kappa shape index (κ1) is 11.5. The van der Waals surface area contributed by atoms with E-state index >= 15 is 0 Å². The maximum Gasteiger partial charge on any atom is 0.143 e. The lowest BCUT2D eigenvalue weighted by Crippen LogP contribution is -2.49. The summed E-state index contributed by atoms with van der Waals surface area (Å²) in [6.07, 6.45) is 1.85. The van der Waals surface area contributed by atoms with Crippen LogP contribution in [0.15, 0.2) is 18.2 Å². The van der Waals surface area contributed by atoms with Gasteiger partial charge in [0.05, 0.1) is 5.92 Å². The number of nitrogens with zero attached hydrogens (tertiary/aromatic N) is 2. The molecule has 0 saturated carbocycles. The molecule has 0 N–H and O–H groups in total. The minimum atomic E-state index is 0.122. The molecule has 4 rings (SSSR count). The minimum absolute atomic E-state index is 0.122. The fraction of sp³-hybridized carbons (Fsp3) is 0.562. The molecule has 0 amide bonds. The number of carbonyl (C=O) groups excluding carboxylic acids is 1. The Balaban J connectivity index is 1.89. The predicted octanol–water partition coefficient (Wildman–Crippen LogP) is 1.98. The highest BCUT2D eigenvalue weighted by atomic mass is 16.1. The van der Waals surface area contributed by atoms with Crippen LogP contribution in [0.3, 0.4) is 0 Å². The van der Waals surface area contributed by atoms with Gasteiger partial charge in [-0.2, -0.15) is 0 Å². The molecule has 1 fully saturated rings. The van der Waals surface area contributed by atoms with E-state index in [1.54, 1.807) is 0 Å². The summed E-state index contributed by atoms with van der Waals surface area (Å²) < 4.78 is 0. The highest BCUT2D eigenvalue weighted by Crippen LogP contribution is 2.50. The number of ketones is 1. The maximum absolute atomic E-state index is 12.4. The first-order valence-electron chi connectivity index (χ1n) is 7.23. The van der Waals surface area contributed by atoms with Crippen LogP contribution < -0.4 is 4.90 Å². The second-order valence-corrected chi connectivity index (χ2v) is 6.34. The number of fused-ring (bicyclic) bond motifs is 2. The van der Waals surface area contributed by atoms with Crippen molar-refractivity contribution < 1.29 is 4.79 Å². The van der Waals surface area contributed by atoms with Crippen molar-refractivity contribution in [3.05, 3.63) is 29.3 Å². The molecular weight excluding hydrogens is 236 g/mol. The molecule has 3 atom stereocenters. The Hall–Kier alpha value is -1.35. The van der Waals surface area contributed by atoms with Gasteiger partial charge in [-0.1, -0.05) is 12.1 Å². The Bertz CT molecular complexity index is 554. The highest BCUT2D eigenvalue weighted by molar-refractivity contribution is 5.89. The second-order valence-electron chi connectivity index (χ2n) is 6.34. The molecule has 0 bridgehead atoms. The topological polar surface area (TPSA) is 23.6 Å². The zero-order chi connectivity index (χ0) is 13.1. The number of Topliss-reactive ketones (excluding diaryl/α,β-unsaturated/α-hetero) is 1. The van der Waals surface area contributed by atoms with E-state index in [9.17, 15) is 4.79 Å². The van der Waals surface area contributed by atoms with E-state index in [1.165, 1.54) is 16.8 Å². The van der Waals surface area contributed by atoms with Crippen molar-refractivity contribution >= 4 is 11.5 Å². The van der Waals surface area contributed by atoms with Gasteiger partial charge in [0.2, 0.25) is 0 Å². The Kier molecular flexibility index (Phi) is 2.31. The van der Waals surface area contributed by atoms with Crippen LogP contribution in [-0.4, -0.2) is 43.9 Å². The molecule has 1 aromatic rings. The first-order valence-corrected chi connectivity index (χ1v) is 7.23. The third-order valence-electron chi connectivity index (χ3n) is 5.30. The molecule has 2 aliphatic heterocycles. The summed E-state index contributed by atoms with van der Waals surface area (Å²) in [6.45, 7) is 2.04. The lowest BCUT2D eigenvalue weighted by Gasteiger charge is -2.43. The number of benzene rings is 1. The van der Waals surface area contributed by atoms with Crippen molar-refractivity contribution in [2.24, 2.45) is 0 Å². The van der Waals surface area contributed by atoms with E-state index in [0.717, 1.165) is 19.5 Å². The van der Waals surface area contributed by atoms with E-state index in [-0.39, 0.29) is 5.92 Å². The highest BCUT2D eigenvalue weighted by Gasteiger charge is 2.46. The summed E-state index contributed by atoms with van der Waals surface area (Å²) in [5.74, 6) is 1.19. The molecule has 0 unspecified atom stereocenters. The monoisotopic (exact) mass is 256 g/mol. The summed E-state index contributed by atoms with van der Waals surface area (Å²) in [4.78, 5) is 17.2. The predicted molar refractivity (Wildman–Crippen MR) is 75.9 cm³/mol. The lowest BCUT2D eigenvalue weighted by atomic mass is 9.70. The fourth-order valence-electron chi connectivity index (χ4n) is 4.40. The maximum atomic E-state index is 12.4. The van der Waals surface area contributed by atoms with Crippen LogP contribution in [0, 0.1) is 0 Å². The number of piperidine rings is 1. The number of likely N-dealkylation sites (N-methyl/N-ethyl adjacent to an activating group) is 2. The molecule has 0 aromatic heterocycles.